The van der Waals surface area contributed by atoms with Gasteiger partial charge in [0.15, 0.2) is 0 Å². The van der Waals surface area contributed by atoms with Crippen LogP contribution >= 0.6 is 0 Å². The van der Waals surface area contributed by atoms with E-state index >= 15 is 0 Å². The molecule has 0 radical (unpaired) electrons. The summed E-state index contributed by atoms with van der Waals surface area (Å²) in [7, 11) is 3.42. The Morgan fingerprint density at radius 2 is 2.09 bits per heavy atom. The van der Waals surface area contributed by atoms with Gasteiger partial charge >= 0.3 is 0 Å². The number of carbonyl (C=O) groups excluding carboxylic acids is 1. The first kappa shape index (κ1) is 23.5. The third-order valence-corrected chi connectivity index (χ3v) is 7.25. The number of halogens is 1. The van der Waals surface area contributed by atoms with Gasteiger partial charge in [-0.1, -0.05) is 6.08 Å². The maximum absolute atomic E-state index is 14.0. The molecule has 5 rings (SSSR count). The monoisotopic (exact) mass is 478 g/mol. The number of carbonyl (C=O) groups is 1. The minimum absolute atomic E-state index is 0.105. The molecular formula is C27H31FN4O3. The van der Waals surface area contributed by atoms with Crippen molar-refractivity contribution in [3.05, 3.63) is 54.1 Å². The number of aliphatic hydroxyl groups excluding tert-OH is 1. The standard InChI is InChI=1S/C27H31FN4O3/c1-31(19-13-20(33)14-19)26(34)16-32-10-3-4-17(8-11-32)24-15-23-21(7-9-29-27(23)30-24)22-12-18(28)5-6-25(22)35-2/h4-7,9,12,15,19-20,33H,3,8,10-11,13-14,16H2,1-2H3,(H,29,30). The maximum atomic E-state index is 14.0. The number of H-pyrrole nitrogens is 1. The fourth-order valence-electron chi connectivity index (χ4n) is 5.02. The average molecular weight is 479 g/mol. The van der Waals surface area contributed by atoms with Crippen LogP contribution in [0.3, 0.4) is 0 Å². The number of benzene rings is 1. The summed E-state index contributed by atoms with van der Waals surface area (Å²) in [5, 5.41) is 10.4. The Hall–Kier alpha value is -3.23. The third kappa shape index (κ3) is 4.81. The van der Waals surface area contributed by atoms with E-state index in [1.54, 1.807) is 24.3 Å². The number of likely N-dealkylation sites (N-methyl/N-ethyl adjacent to an activating group) is 1. The number of pyridine rings is 1. The summed E-state index contributed by atoms with van der Waals surface area (Å²) in [6.07, 6.45) is 6.68. The molecule has 35 heavy (non-hydrogen) atoms. The molecule has 3 aromatic rings. The molecule has 2 aromatic heterocycles. The maximum Gasteiger partial charge on any atom is 0.236 e. The summed E-state index contributed by atoms with van der Waals surface area (Å²) in [6, 6.07) is 8.63. The lowest BCUT2D eigenvalue weighted by Gasteiger charge is -2.39. The van der Waals surface area contributed by atoms with Gasteiger partial charge in [0.05, 0.1) is 19.8 Å². The molecule has 2 aliphatic rings. The predicted octanol–water partition coefficient (Wildman–Crippen LogP) is 3.84. The number of aliphatic hydroxyl groups is 1. The Balaban J connectivity index is 1.32. The number of nitrogens with one attached hydrogen (secondary N) is 1. The second-order valence-electron chi connectivity index (χ2n) is 9.48. The fourth-order valence-corrected chi connectivity index (χ4v) is 5.02. The molecule has 1 amide bonds. The van der Waals surface area contributed by atoms with Gasteiger partial charge in [-0.3, -0.25) is 9.69 Å². The van der Waals surface area contributed by atoms with E-state index in [-0.39, 0.29) is 23.9 Å². The summed E-state index contributed by atoms with van der Waals surface area (Å²) in [5.41, 5.74) is 4.47. The van der Waals surface area contributed by atoms with Crippen LogP contribution < -0.4 is 4.74 Å². The van der Waals surface area contributed by atoms with Crippen molar-refractivity contribution in [2.24, 2.45) is 0 Å². The van der Waals surface area contributed by atoms with Crippen LogP contribution in [0.25, 0.3) is 27.7 Å². The number of ether oxygens (including phenoxy) is 1. The van der Waals surface area contributed by atoms with Crippen LogP contribution in [0.2, 0.25) is 0 Å². The quantitative estimate of drug-likeness (QED) is 0.563. The van der Waals surface area contributed by atoms with Crippen LogP contribution in [0.15, 0.2) is 42.6 Å². The molecule has 3 heterocycles. The van der Waals surface area contributed by atoms with Crippen LogP contribution in [-0.4, -0.2) is 76.7 Å². The van der Waals surface area contributed by atoms with E-state index in [2.05, 4.69) is 27.0 Å². The Kier molecular flexibility index (Phi) is 6.58. The van der Waals surface area contributed by atoms with Gasteiger partial charge in [0.2, 0.25) is 5.91 Å². The molecule has 2 N–H and O–H groups in total. The number of methoxy groups -OCH3 is 1. The minimum atomic E-state index is -0.318. The van der Waals surface area contributed by atoms with Gasteiger partial charge in [-0.05, 0) is 67.2 Å². The molecule has 0 bridgehead atoms. The van der Waals surface area contributed by atoms with Gasteiger partial charge in [0.1, 0.15) is 17.2 Å². The highest BCUT2D eigenvalue weighted by atomic mass is 19.1. The molecular weight excluding hydrogens is 447 g/mol. The summed E-state index contributed by atoms with van der Waals surface area (Å²) in [4.78, 5) is 24.6. The summed E-state index contributed by atoms with van der Waals surface area (Å²) in [6.45, 7) is 1.99. The summed E-state index contributed by atoms with van der Waals surface area (Å²) < 4.78 is 19.5. The van der Waals surface area contributed by atoms with Crippen LogP contribution in [0.5, 0.6) is 5.75 Å². The second-order valence-corrected chi connectivity index (χ2v) is 9.48. The third-order valence-electron chi connectivity index (χ3n) is 7.25. The van der Waals surface area contributed by atoms with Crippen molar-refractivity contribution in [3.63, 3.8) is 0 Å². The topological polar surface area (TPSA) is 81.7 Å². The van der Waals surface area contributed by atoms with E-state index in [1.165, 1.54) is 17.7 Å². The molecule has 1 saturated carbocycles. The molecule has 184 valence electrons. The van der Waals surface area contributed by atoms with Gasteiger partial charge in [-0.2, -0.15) is 0 Å². The number of hydrogen-bond donors (Lipinski definition) is 2. The van der Waals surface area contributed by atoms with Crippen molar-refractivity contribution >= 4 is 22.5 Å². The molecule has 0 saturated heterocycles. The summed E-state index contributed by atoms with van der Waals surface area (Å²) in [5.74, 6) is 0.396. The number of aromatic nitrogens is 2. The number of rotatable bonds is 6. The zero-order valence-corrected chi connectivity index (χ0v) is 20.1. The number of amides is 1. The van der Waals surface area contributed by atoms with E-state index in [0.29, 0.717) is 30.7 Å². The molecule has 8 heteroatoms. The molecule has 1 fully saturated rings. The number of nitrogens with zero attached hydrogens (tertiary/aromatic N) is 3. The van der Waals surface area contributed by atoms with Crippen LogP contribution in [0.4, 0.5) is 4.39 Å². The minimum Gasteiger partial charge on any atom is -0.496 e. The van der Waals surface area contributed by atoms with Gasteiger partial charge in [0, 0.05) is 49.0 Å². The Bertz CT molecular complexity index is 1260. The van der Waals surface area contributed by atoms with E-state index in [4.69, 9.17) is 4.74 Å². The normalized spacial score (nSPS) is 20.7. The van der Waals surface area contributed by atoms with Crippen molar-refractivity contribution in [3.8, 4) is 16.9 Å². The second kappa shape index (κ2) is 9.79. The predicted molar refractivity (Wildman–Crippen MR) is 133 cm³/mol. The first-order chi connectivity index (χ1) is 16.9. The smallest absolute Gasteiger partial charge is 0.236 e. The molecule has 0 spiro atoms. The highest BCUT2D eigenvalue weighted by Crippen LogP contribution is 2.36. The van der Waals surface area contributed by atoms with Crippen LogP contribution in [0, 0.1) is 5.82 Å². The first-order valence-electron chi connectivity index (χ1n) is 12.1. The SMILES string of the molecule is COc1ccc(F)cc1-c1ccnc2[nH]c(C3=CCCN(CC(=O)N(C)C4CC(O)C4)CC3)cc12. The lowest BCUT2D eigenvalue weighted by atomic mass is 9.88. The Morgan fingerprint density at radius 1 is 1.26 bits per heavy atom. The highest BCUT2D eigenvalue weighted by molar-refractivity contribution is 5.96. The Morgan fingerprint density at radius 3 is 2.86 bits per heavy atom. The van der Waals surface area contributed by atoms with Gasteiger partial charge in [-0.15, -0.1) is 0 Å². The molecule has 1 aromatic carbocycles. The zero-order valence-electron chi connectivity index (χ0n) is 20.1. The van der Waals surface area contributed by atoms with E-state index < -0.39 is 0 Å². The first-order valence-corrected chi connectivity index (χ1v) is 12.1. The van der Waals surface area contributed by atoms with Gasteiger partial charge in [-0.25, -0.2) is 9.37 Å². The van der Waals surface area contributed by atoms with Crippen LogP contribution in [0.1, 0.15) is 31.4 Å². The van der Waals surface area contributed by atoms with Gasteiger partial charge < -0.3 is 19.7 Å². The molecule has 1 aliphatic heterocycles. The van der Waals surface area contributed by atoms with Gasteiger partial charge in [0.25, 0.3) is 0 Å². The zero-order chi connectivity index (χ0) is 24.5. The molecule has 7 nitrogen and oxygen atoms in total. The summed E-state index contributed by atoms with van der Waals surface area (Å²) >= 11 is 0. The number of hydrogen-bond acceptors (Lipinski definition) is 5. The highest BCUT2D eigenvalue weighted by Gasteiger charge is 2.33. The number of fused-ring (bicyclic) bond motifs is 1. The van der Waals surface area contributed by atoms with E-state index in [1.807, 2.05) is 13.1 Å². The molecule has 0 atom stereocenters. The average Bonchev–Trinajstić information content (AvgIpc) is 3.14. The molecule has 1 aliphatic carbocycles. The van der Waals surface area contributed by atoms with E-state index in [9.17, 15) is 14.3 Å². The lowest BCUT2D eigenvalue weighted by molar-refractivity contribution is -0.137. The van der Waals surface area contributed by atoms with Crippen molar-refractivity contribution in [2.75, 3.05) is 33.8 Å². The molecule has 0 unspecified atom stereocenters. The fraction of sp³-hybridized carbons (Fsp3) is 0.407. The van der Waals surface area contributed by atoms with Crippen molar-refractivity contribution in [1.82, 2.24) is 19.8 Å². The van der Waals surface area contributed by atoms with E-state index in [0.717, 1.165) is 48.2 Å². The lowest BCUT2D eigenvalue weighted by Crippen LogP contribution is -2.50. The Labute approximate surface area is 204 Å². The van der Waals surface area contributed by atoms with Crippen LogP contribution in [-0.2, 0) is 4.79 Å². The van der Waals surface area contributed by atoms with Crippen molar-refractivity contribution in [1.29, 1.82) is 0 Å². The largest absolute Gasteiger partial charge is 0.496 e. The van der Waals surface area contributed by atoms with Crippen molar-refractivity contribution in [2.45, 2.75) is 37.8 Å². The number of aromatic amines is 1. The van der Waals surface area contributed by atoms with Crippen molar-refractivity contribution < 1.29 is 19.0 Å².